The fourth-order valence-electron chi connectivity index (χ4n) is 8.26. The highest BCUT2D eigenvalue weighted by Crippen LogP contribution is 2.46. The van der Waals surface area contributed by atoms with Crippen LogP contribution in [0.3, 0.4) is 0 Å². The predicted octanol–water partition coefficient (Wildman–Crippen LogP) is 13.6. The molecule has 11 rings (SSSR count). The van der Waals surface area contributed by atoms with Gasteiger partial charge in [-0.15, -0.1) is 11.3 Å². The lowest BCUT2D eigenvalue weighted by Crippen LogP contribution is -1.98. The molecule has 2 nitrogen and oxygen atoms in total. The number of aromatic nitrogens is 2. The fourth-order valence-corrected chi connectivity index (χ4v) is 9.50. The van der Waals surface area contributed by atoms with Crippen LogP contribution in [0.2, 0.25) is 0 Å². The highest BCUT2D eigenvalue weighted by atomic mass is 32.1. The van der Waals surface area contributed by atoms with Gasteiger partial charge in [-0.3, -0.25) is 0 Å². The van der Waals surface area contributed by atoms with Gasteiger partial charge >= 0.3 is 0 Å². The summed E-state index contributed by atoms with van der Waals surface area (Å²) in [6.45, 7) is 0. The maximum Gasteiger partial charge on any atom is 0.0562 e. The van der Waals surface area contributed by atoms with Crippen LogP contribution in [-0.2, 0) is 0 Å². The minimum atomic E-state index is 1.15. The van der Waals surface area contributed by atoms with Crippen LogP contribution in [0.15, 0.2) is 182 Å². The normalized spacial score (nSPS) is 11.9. The zero-order chi connectivity index (χ0) is 33.5. The molecule has 0 saturated heterocycles. The third kappa shape index (κ3) is 4.22. The monoisotopic (exact) mass is 666 g/mol. The van der Waals surface area contributed by atoms with E-state index >= 15 is 0 Å². The predicted molar refractivity (Wildman–Crippen MR) is 219 cm³/mol. The summed E-state index contributed by atoms with van der Waals surface area (Å²) >= 11 is 1.91. The van der Waals surface area contributed by atoms with Crippen LogP contribution in [0.5, 0.6) is 0 Å². The van der Waals surface area contributed by atoms with Gasteiger partial charge in [0.05, 0.1) is 27.8 Å². The van der Waals surface area contributed by atoms with Gasteiger partial charge in [0.1, 0.15) is 0 Å². The number of fused-ring (bicyclic) bond motifs is 10. The third-order valence-electron chi connectivity index (χ3n) is 10.5. The molecule has 0 aliphatic heterocycles. The van der Waals surface area contributed by atoms with Crippen molar-refractivity contribution in [2.24, 2.45) is 0 Å². The van der Waals surface area contributed by atoms with E-state index in [-0.39, 0.29) is 0 Å². The van der Waals surface area contributed by atoms with Gasteiger partial charge < -0.3 is 9.13 Å². The number of hydrogen-bond donors (Lipinski definition) is 0. The molecule has 11 aromatic rings. The molecule has 8 aromatic carbocycles. The van der Waals surface area contributed by atoms with Crippen LogP contribution in [0, 0.1) is 0 Å². The average molecular weight is 667 g/mol. The second kappa shape index (κ2) is 11.0. The Labute approximate surface area is 298 Å². The summed E-state index contributed by atoms with van der Waals surface area (Å²) in [6.07, 6.45) is 0. The van der Waals surface area contributed by atoms with Gasteiger partial charge in [0.15, 0.2) is 0 Å². The van der Waals surface area contributed by atoms with Gasteiger partial charge in [-0.05, 0) is 65.2 Å². The van der Waals surface area contributed by atoms with Crippen LogP contribution in [-0.4, -0.2) is 9.13 Å². The van der Waals surface area contributed by atoms with E-state index in [9.17, 15) is 0 Å². The molecule has 3 aromatic heterocycles. The average Bonchev–Trinajstić information content (AvgIpc) is 3.85. The van der Waals surface area contributed by atoms with E-state index in [0.29, 0.717) is 0 Å². The Morgan fingerprint density at radius 1 is 0.353 bits per heavy atom. The fraction of sp³-hybridized carbons (Fsp3) is 0. The summed E-state index contributed by atoms with van der Waals surface area (Å²) in [5.74, 6) is 0. The van der Waals surface area contributed by atoms with Crippen LogP contribution >= 0.6 is 11.3 Å². The molecule has 3 heteroatoms. The number of nitrogens with zero attached hydrogens (tertiary/aromatic N) is 2. The van der Waals surface area contributed by atoms with E-state index in [1.165, 1.54) is 91.7 Å². The van der Waals surface area contributed by atoms with E-state index in [1.807, 2.05) is 11.3 Å². The van der Waals surface area contributed by atoms with Gasteiger partial charge in [0.25, 0.3) is 0 Å². The summed E-state index contributed by atoms with van der Waals surface area (Å²) in [5, 5.41) is 7.72. The van der Waals surface area contributed by atoms with Gasteiger partial charge in [0.2, 0.25) is 0 Å². The number of hydrogen-bond acceptors (Lipinski definition) is 1. The van der Waals surface area contributed by atoms with Crippen molar-refractivity contribution in [2.45, 2.75) is 0 Å². The molecule has 0 fully saturated rings. The van der Waals surface area contributed by atoms with Crippen LogP contribution in [0.25, 0.3) is 97.4 Å². The number of rotatable bonds is 4. The second-order valence-corrected chi connectivity index (χ2v) is 14.4. The highest BCUT2D eigenvalue weighted by Gasteiger charge is 2.21. The quantitative estimate of drug-likeness (QED) is 0.177. The summed E-state index contributed by atoms with van der Waals surface area (Å²) < 4.78 is 7.57. The van der Waals surface area contributed by atoms with Crippen molar-refractivity contribution < 1.29 is 0 Å². The molecule has 0 radical (unpaired) electrons. The molecule has 0 aliphatic carbocycles. The number of thiophene rings is 1. The first-order valence-corrected chi connectivity index (χ1v) is 18.3. The van der Waals surface area contributed by atoms with Gasteiger partial charge in [0, 0.05) is 53.0 Å². The van der Waals surface area contributed by atoms with Crippen molar-refractivity contribution in [2.75, 3.05) is 0 Å². The van der Waals surface area contributed by atoms with E-state index in [2.05, 4.69) is 191 Å². The maximum atomic E-state index is 2.50. The van der Waals surface area contributed by atoms with Crippen LogP contribution in [0.1, 0.15) is 0 Å². The molecule has 0 spiro atoms. The number of benzene rings is 8. The van der Waals surface area contributed by atoms with Crippen LogP contribution < -0.4 is 0 Å². The zero-order valence-electron chi connectivity index (χ0n) is 27.6. The largest absolute Gasteiger partial charge is 0.309 e. The van der Waals surface area contributed by atoms with E-state index in [1.54, 1.807) is 0 Å². The molecule has 0 atom stereocenters. The molecule has 51 heavy (non-hydrogen) atoms. The Morgan fingerprint density at radius 2 is 1.00 bits per heavy atom. The first kappa shape index (κ1) is 28.4. The Hall–Kier alpha value is -6.42. The third-order valence-corrected chi connectivity index (χ3v) is 11.7. The highest BCUT2D eigenvalue weighted by molar-refractivity contribution is 7.26. The minimum absolute atomic E-state index is 1.15. The molecule has 238 valence electrons. The van der Waals surface area contributed by atoms with Crippen molar-refractivity contribution in [1.82, 2.24) is 9.13 Å². The van der Waals surface area contributed by atoms with Gasteiger partial charge in [-0.1, -0.05) is 133 Å². The summed E-state index contributed by atoms with van der Waals surface area (Å²) in [5.41, 5.74) is 12.1. The summed E-state index contributed by atoms with van der Waals surface area (Å²) in [6, 6.07) is 66.6. The molecular weight excluding hydrogens is 637 g/mol. The molecule has 0 unspecified atom stereocenters. The maximum absolute atomic E-state index is 2.50. The van der Waals surface area contributed by atoms with Crippen molar-refractivity contribution in [3.8, 4) is 33.6 Å². The Morgan fingerprint density at radius 3 is 1.76 bits per heavy atom. The van der Waals surface area contributed by atoms with E-state index in [4.69, 9.17) is 0 Å². The van der Waals surface area contributed by atoms with Crippen molar-refractivity contribution in [1.29, 1.82) is 0 Å². The molecule has 0 saturated carbocycles. The summed E-state index contributed by atoms with van der Waals surface area (Å²) in [7, 11) is 0. The van der Waals surface area contributed by atoms with Crippen molar-refractivity contribution in [3.63, 3.8) is 0 Å². The SMILES string of the molecule is c1ccc(-c2ccc3sc4c(ccc5c4c4ccc(-n6c7ccccc7c7ccccc76)cc4n5-c4ccccc4-c4ccccc4)c3c2)cc1. The first-order valence-electron chi connectivity index (χ1n) is 17.4. The lowest BCUT2D eigenvalue weighted by atomic mass is 10.0. The van der Waals surface area contributed by atoms with E-state index < -0.39 is 0 Å². The minimum Gasteiger partial charge on any atom is -0.309 e. The lowest BCUT2D eigenvalue weighted by molar-refractivity contribution is 1.16. The van der Waals surface area contributed by atoms with Crippen molar-refractivity contribution in [3.05, 3.63) is 182 Å². The van der Waals surface area contributed by atoms with Crippen molar-refractivity contribution >= 4 is 75.1 Å². The lowest BCUT2D eigenvalue weighted by Gasteiger charge is -2.15. The Balaban J connectivity index is 1.25. The molecule has 3 heterocycles. The first-order chi connectivity index (χ1) is 25.3. The molecule has 0 N–H and O–H groups in total. The Kier molecular flexibility index (Phi) is 6.16. The molecular formula is C48H30N2S. The molecule has 0 aliphatic rings. The van der Waals surface area contributed by atoms with E-state index in [0.717, 1.165) is 5.69 Å². The Bertz CT molecular complexity index is 3070. The second-order valence-electron chi connectivity index (χ2n) is 13.3. The smallest absolute Gasteiger partial charge is 0.0562 e. The van der Waals surface area contributed by atoms with Crippen LogP contribution in [0.4, 0.5) is 0 Å². The molecule has 0 bridgehead atoms. The van der Waals surface area contributed by atoms with Gasteiger partial charge in [-0.2, -0.15) is 0 Å². The topological polar surface area (TPSA) is 9.86 Å². The molecule has 0 amide bonds. The summed E-state index contributed by atoms with van der Waals surface area (Å²) in [4.78, 5) is 0. The zero-order valence-corrected chi connectivity index (χ0v) is 28.4. The van der Waals surface area contributed by atoms with Gasteiger partial charge in [-0.25, -0.2) is 0 Å². The standard InChI is InChI=1S/C48H30N2S/c1-3-13-31(14-4-1)33-23-28-46-40(29-33)38-26-27-44-47(48(38)51-46)39-25-24-34(49-42-21-11-8-18-36(42)37-19-9-12-22-43(37)49)30-45(39)50(44)41-20-10-7-17-35(41)32-15-5-2-6-16-32/h1-30H. The number of para-hydroxylation sites is 3.